The number of aromatic nitrogens is 2. The standard InChI is InChI=1S/C29H36N4O5/c1-17-26(29(35)33-20-8-6-19(7-9-20)32-25(34)16-36-2)28-27(31-17)22(12-13-30-28)23-14-21(37-3)10-11-24(23)38-15-18-4-5-18/h10-14,18-20,31H,4-9,15-16H2,1-3H3,(H,32,34)(H,33,35)/t19-,20+. The molecule has 2 aliphatic rings. The molecule has 2 saturated carbocycles. The molecular formula is C29H36N4O5. The predicted molar refractivity (Wildman–Crippen MR) is 145 cm³/mol. The number of rotatable bonds is 10. The van der Waals surface area contributed by atoms with E-state index in [0.717, 1.165) is 59.5 Å². The first-order valence-corrected chi connectivity index (χ1v) is 13.3. The van der Waals surface area contributed by atoms with Gasteiger partial charge in [-0.05, 0) is 75.6 Å². The molecule has 2 amide bonds. The summed E-state index contributed by atoms with van der Waals surface area (Å²) in [6, 6.07) is 7.92. The Morgan fingerprint density at radius 1 is 1.00 bits per heavy atom. The molecule has 2 fully saturated rings. The van der Waals surface area contributed by atoms with Gasteiger partial charge in [0.15, 0.2) is 0 Å². The summed E-state index contributed by atoms with van der Waals surface area (Å²) in [6.07, 6.45) is 7.39. The highest BCUT2D eigenvalue weighted by Gasteiger charge is 2.27. The molecule has 3 N–H and O–H groups in total. The minimum absolute atomic E-state index is 0.0476. The Kier molecular flexibility index (Phi) is 7.83. The van der Waals surface area contributed by atoms with E-state index in [9.17, 15) is 9.59 Å². The molecule has 0 aliphatic heterocycles. The van der Waals surface area contributed by atoms with Crippen molar-refractivity contribution in [1.82, 2.24) is 20.6 Å². The number of ether oxygens (including phenoxy) is 3. The van der Waals surface area contributed by atoms with E-state index in [1.807, 2.05) is 31.2 Å². The van der Waals surface area contributed by atoms with Crippen LogP contribution in [0.3, 0.4) is 0 Å². The number of methoxy groups -OCH3 is 2. The number of hydrogen-bond acceptors (Lipinski definition) is 6. The van der Waals surface area contributed by atoms with Gasteiger partial charge in [0.25, 0.3) is 5.91 Å². The van der Waals surface area contributed by atoms with Gasteiger partial charge in [-0.15, -0.1) is 0 Å². The Morgan fingerprint density at radius 3 is 2.42 bits per heavy atom. The number of aromatic amines is 1. The van der Waals surface area contributed by atoms with Crippen molar-refractivity contribution >= 4 is 22.8 Å². The van der Waals surface area contributed by atoms with Crippen molar-refractivity contribution in [1.29, 1.82) is 0 Å². The highest BCUT2D eigenvalue weighted by atomic mass is 16.5. The number of carbonyl (C=O) groups excluding carboxylic acids is 2. The number of H-pyrrole nitrogens is 1. The van der Waals surface area contributed by atoms with Crippen molar-refractivity contribution in [2.45, 2.75) is 57.5 Å². The van der Waals surface area contributed by atoms with E-state index in [4.69, 9.17) is 14.2 Å². The van der Waals surface area contributed by atoms with Crippen molar-refractivity contribution in [3.05, 3.63) is 41.7 Å². The first kappa shape index (κ1) is 26.0. The number of pyridine rings is 1. The smallest absolute Gasteiger partial charge is 0.255 e. The molecule has 38 heavy (non-hydrogen) atoms. The third kappa shape index (κ3) is 5.78. The summed E-state index contributed by atoms with van der Waals surface area (Å²) in [5.41, 5.74) is 4.56. The molecule has 0 radical (unpaired) electrons. The van der Waals surface area contributed by atoms with Gasteiger partial charge in [-0.2, -0.15) is 0 Å². The number of nitrogens with zero attached hydrogens (tertiary/aromatic N) is 1. The lowest BCUT2D eigenvalue weighted by atomic mass is 9.91. The maximum Gasteiger partial charge on any atom is 0.255 e. The fourth-order valence-corrected chi connectivity index (χ4v) is 5.21. The van der Waals surface area contributed by atoms with Crippen molar-refractivity contribution in [3.8, 4) is 22.6 Å². The van der Waals surface area contributed by atoms with Crippen LogP contribution >= 0.6 is 0 Å². The first-order chi connectivity index (χ1) is 18.5. The molecule has 1 aromatic carbocycles. The van der Waals surface area contributed by atoms with Crippen LogP contribution in [0.4, 0.5) is 0 Å². The molecule has 0 bridgehead atoms. The highest BCUT2D eigenvalue weighted by molar-refractivity contribution is 6.09. The number of aryl methyl sites for hydroxylation is 1. The summed E-state index contributed by atoms with van der Waals surface area (Å²) in [6.45, 7) is 2.66. The molecule has 9 nitrogen and oxygen atoms in total. The Balaban J connectivity index is 1.35. The van der Waals surface area contributed by atoms with Gasteiger partial charge in [-0.3, -0.25) is 14.6 Å². The van der Waals surface area contributed by atoms with Crippen LogP contribution in [0.15, 0.2) is 30.5 Å². The molecule has 0 unspecified atom stereocenters. The van der Waals surface area contributed by atoms with Gasteiger partial charge in [0.1, 0.15) is 23.6 Å². The van der Waals surface area contributed by atoms with Crippen molar-refractivity contribution in [2.24, 2.45) is 5.92 Å². The van der Waals surface area contributed by atoms with E-state index < -0.39 is 0 Å². The normalized spacial score (nSPS) is 19.2. The second kappa shape index (κ2) is 11.4. The van der Waals surface area contributed by atoms with E-state index >= 15 is 0 Å². The van der Waals surface area contributed by atoms with Crippen LogP contribution in [0, 0.1) is 12.8 Å². The van der Waals surface area contributed by atoms with Crippen LogP contribution < -0.4 is 20.1 Å². The van der Waals surface area contributed by atoms with E-state index in [0.29, 0.717) is 23.6 Å². The monoisotopic (exact) mass is 520 g/mol. The lowest BCUT2D eigenvalue weighted by molar-refractivity contribution is -0.125. The molecule has 9 heteroatoms. The molecule has 0 spiro atoms. The van der Waals surface area contributed by atoms with Gasteiger partial charge in [-0.1, -0.05) is 0 Å². The second-order valence-electron chi connectivity index (χ2n) is 10.3. The molecule has 5 rings (SSSR count). The van der Waals surface area contributed by atoms with E-state index in [1.54, 1.807) is 13.3 Å². The van der Waals surface area contributed by atoms with E-state index in [-0.39, 0.29) is 30.5 Å². The third-order valence-electron chi connectivity index (χ3n) is 7.45. The SMILES string of the molecule is COCC(=O)N[C@H]1CC[C@@H](NC(=O)c2c(C)[nH]c3c(-c4cc(OC)ccc4OCC4CC4)ccnc23)CC1. The molecule has 0 atom stereocenters. The lowest BCUT2D eigenvalue weighted by Crippen LogP contribution is -2.44. The van der Waals surface area contributed by atoms with Crippen molar-refractivity contribution in [3.63, 3.8) is 0 Å². The highest BCUT2D eigenvalue weighted by Crippen LogP contribution is 2.39. The Morgan fingerprint density at radius 2 is 1.74 bits per heavy atom. The molecule has 2 aromatic heterocycles. The summed E-state index contributed by atoms with van der Waals surface area (Å²) >= 11 is 0. The zero-order chi connectivity index (χ0) is 26.6. The number of fused-ring (bicyclic) bond motifs is 1. The molecule has 0 saturated heterocycles. The topological polar surface area (TPSA) is 115 Å². The molecular weight excluding hydrogens is 484 g/mol. The predicted octanol–water partition coefficient (Wildman–Crippen LogP) is 4.14. The maximum absolute atomic E-state index is 13.5. The van der Waals surface area contributed by atoms with Gasteiger partial charge in [0.2, 0.25) is 5.91 Å². The number of amides is 2. The Bertz CT molecular complexity index is 1310. The zero-order valence-electron chi connectivity index (χ0n) is 22.3. The van der Waals surface area contributed by atoms with Crippen LogP contribution in [0.25, 0.3) is 22.2 Å². The Labute approximate surface area is 222 Å². The average Bonchev–Trinajstić information content (AvgIpc) is 3.68. The minimum atomic E-state index is -0.138. The quantitative estimate of drug-likeness (QED) is 0.370. The van der Waals surface area contributed by atoms with E-state index in [2.05, 4.69) is 20.6 Å². The van der Waals surface area contributed by atoms with Gasteiger partial charge < -0.3 is 29.8 Å². The van der Waals surface area contributed by atoms with E-state index in [1.165, 1.54) is 20.0 Å². The van der Waals surface area contributed by atoms with Crippen molar-refractivity contribution < 1.29 is 23.8 Å². The zero-order valence-corrected chi connectivity index (χ0v) is 22.3. The lowest BCUT2D eigenvalue weighted by Gasteiger charge is -2.29. The summed E-state index contributed by atoms with van der Waals surface area (Å²) in [5.74, 6) is 1.91. The fourth-order valence-electron chi connectivity index (χ4n) is 5.21. The summed E-state index contributed by atoms with van der Waals surface area (Å²) in [4.78, 5) is 33.3. The average molecular weight is 521 g/mol. The van der Waals surface area contributed by atoms with Crippen LogP contribution in [0.1, 0.15) is 54.6 Å². The molecule has 2 aliphatic carbocycles. The summed E-state index contributed by atoms with van der Waals surface area (Å²) in [7, 11) is 3.16. The Hall–Kier alpha value is -3.59. The van der Waals surface area contributed by atoms with Gasteiger partial charge in [0, 0.05) is 42.2 Å². The fraction of sp³-hybridized carbons (Fsp3) is 0.483. The van der Waals surface area contributed by atoms with Gasteiger partial charge in [0.05, 0.1) is 24.8 Å². The number of hydrogen-bond donors (Lipinski definition) is 3. The van der Waals surface area contributed by atoms with Crippen LogP contribution in [0.2, 0.25) is 0 Å². The first-order valence-electron chi connectivity index (χ1n) is 13.3. The largest absolute Gasteiger partial charge is 0.497 e. The van der Waals surface area contributed by atoms with Gasteiger partial charge in [-0.25, -0.2) is 0 Å². The maximum atomic E-state index is 13.5. The van der Waals surface area contributed by atoms with Gasteiger partial charge >= 0.3 is 0 Å². The molecule has 202 valence electrons. The number of benzene rings is 1. The minimum Gasteiger partial charge on any atom is -0.497 e. The number of carbonyl (C=O) groups is 2. The van der Waals surface area contributed by atoms with Crippen LogP contribution in [-0.2, 0) is 9.53 Å². The number of nitrogens with one attached hydrogen (secondary N) is 3. The van der Waals surface area contributed by atoms with Crippen LogP contribution in [-0.4, -0.2) is 61.3 Å². The summed E-state index contributed by atoms with van der Waals surface area (Å²) < 4.78 is 16.6. The van der Waals surface area contributed by atoms with Crippen molar-refractivity contribution in [2.75, 3.05) is 27.4 Å². The third-order valence-corrected chi connectivity index (χ3v) is 7.45. The summed E-state index contributed by atoms with van der Waals surface area (Å²) in [5, 5.41) is 6.20. The second-order valence-corrected chi connectivity index (χ2v) is 10.3. The molecule has 2 heterocycles. The van der Waals surface area contributed by atoms with Crippen LogP contribution in [0.5, 0.6) is 11.5 Å². The molecule has 3 aromatic rings.